The van der Waals surface area contributed by atoms with E-state index in [4.69, 9.17) is 5.73 Å². The van der Waals surface area contributed by atoms with Gasteiger partial charge in [-0.1, -0.05) is 12.1 Å². The van der Waals surface area contributed by atoms with Gasteiger partial charge in [-0.15, -0.1) is 0 Å². The summed E-state index contributed by atoms with van der Waals surface area (Å²) in [5.41, 5.74) is 6.87. The van der Waals surface area contributed by atoms with Gasteiger partial charge in [-0.3, -0.25) is 19.7 Å². The van der Waals surface area contributed by atoms with Crippen LogP contribution < -0.4 is 16.4 Å². The third kappa shape index (κ3) is 4.25. The maximum atomic E-state index is 14.2. The van der Waals surface area contributed by atoms with E-state index in [1.54, 1.807) is 4.90 Å². The molecule has 162 valence electrons. The average molecular weight is 416 g/mol. The molecule has 7 nitrogen and oxygen atoms in total. The first-order chi connectivity index (χ1) is 14.4. The van der Waals surface area contributed by atoms with Crippen molar-refractivity contribution in [3.8, 4) is 0 Å². The van der Waals surface area contributed by atoms with E-state index in [1.807, 2.05) is 18.2 Å². The molecule has 8 heteroatoms. The summed E-state index contributed by atoms with van der Waals surface area (Å²) in [6.45, 7) is 1.94. The van der Waals surface area contributed by atoms with Crippen LogP contribution in [0.5, 0.6) is 0 Å². The molecule has 0 aromatic heterocycles. The highest BCUT2D eigenvalue weighted by Crippen LogP contribution is 2.34. The number of nitrogens with one attached hydrogen (secondary N) is 2. The zero-order chi connectivity index (χ0) is 21.3. The van der Waals surface area contributed by atoms with Crippen LogP contribution in [0.3, 0.4) is 0 Å². The number of nitrogens with two attached hydrogens (primary N) is 1. The number of carbonyl (C=O) groups excluding carboxylic acids is 3. The first-order valence-electron chi connectivity index (χ1n) is 10.7. The molecule has 1 saturated carbocycles. The number of amides is 3. The predicted molar refractivity (Wildman–Crippen MR) is 109 cm³/mol. The summed E-state index contributed by atoms with van der Waals surface area (Å²) >= 11 is 0. The molecule has 4 rings (SSSR count). The Morgan fingerprint density at radius 2 is 1.97 bits per heavy atom. The lowest BCUT2D eigenvalue weighted by Crippen LogP contribution is -2.52. The lowest BCUT2D eigenvalue weighted by molar-refractivity contribution is -0.136. The van der Waals surface area contributed by atoms with Crippen LogP contribution in [0, 0.1) is 5.92 Å². The standard InChI is InChI=1S/C22H29FN4O3/c23-22(13-24)7-5-14(6-8-22)10-25-11-15-1-2-16-12-27(21(30)17(16)9-15)18-3-4-19(28)26-20(18)29/h1-2,9,14,18,25H,3-8,10-13,24H2,(H,26,28,29). The van der Waals surface area contributed by atoms with E-state index in [-0.39, 0.29) is 24.8 Å². The number of rotatable bonds is 6. The van der Waals surface area contributed by atoms with Gasteiger partial charge < -0.3 is 16.0 Å². The van der Waals surface area contributed by atoms with E-state index in [9.17, 15) is 18.8 Å². The van der Waals surface area contributed by atoms with Crippen LogP contribution in [0.1, 0.15) is 60.0 Å². The minimum Gasteiger partial charge on any atom is -0.328 e. The Morgan fingerprint density at radius 1 is 1.20 bits per heavy atom. The normalized spacial score (nSPS) is 29.1. The molecule has 3 amide bonds. The van der Waals surface area contributed by atoms with Gasteiger partial charge in [-0.2, -0.15) is 0 Å². The number of imide groups is 1. The SMILES string of the molecule is NCC1(F)CCC(CNCc2ccc3c(c2)C(=O)N(C2CCC(=O)NC2=O)C3)CC1. The molecule has 2 fully saturated rings. The van der Waals surface area contributed by atoms with E-state index in [1.165, 1.54) is 0 Å². The number of halogens is 1. The van der Waals surface area contributed by atoms with Gasteiger partial charge >= 0.3 is 0 Å². The van der Waals surface area contributed by atoms with Crippen molar-refractivity contribution in [2.45, 2.75) is 63.3 Å². The molecule has 2 aliphatic heterocycles. The van der Waals surface area contributed by atoms with Crippen LogP contribution >= 0.6 is 0 Å². The highest BCUT2D eigenvalue weighted by Gasteiger charge is 2.39. The molecular formula is C22H29FN4O3. The predicted octanol–water partition coefficient (Wildman–Crippen LogP) is 1.39. The van der Waals surface area contributed by atoms with Crippen LogP contribution in [0.2, 0.25) is 0 Å². The van der Waals surface area contributed by atoms with Gasteiger partial charge in [0.2, 0.25) is 11.8 Å². The lowest BCUT2D eigenvalue weighted by atomic mass is 9.80. The molecule has 1 atom stereocenters. The Labute approximate surface area is 175 Å². The summed E-state index contributed by atoms with van der Waals surface area (Å²) in [4.78, 5) is 38.0. The smallest absolute Gasteiger partial charge is 0.255 e. The van der Waals surface area contributed by atoms with Crippen molar-refractivity contribution in [1.29, 1.82) is 0 Å². The van der Waals surface area contributed by atoms with E-state index >= 15 is 0 Å². The Balaban J connectivity index is 1.31. The van der Waals surface area contributed by atoms with Gasteiger partial charge in [0, 0.05) is 31.6 Å². The number of hydrogen-bond acceptors (Lipinski definition) is 5. The second-order valence-electron chi connectivity index (χ2n) is 8.82. The van der Waals surface area contributed by atoms with Gasteiger partial charge in [0.1, 0.15) is 11.7 Å². The second kappa shape index (κ2) is 8.43. The Kier molecular flexibility index (Phi) is 5.88. The van der Waals surface area contributed by atoms with Crippen molar-refractivity contribution >= 4 is 17.7 Å². The van der Waals surface area contributed by atoms with Gasteiger partial charge in [-0.25, -0.2) is 4.39 Å². The average Bonchev–Trinajstić information content (AvgIpc) is 3.06. The highest BCUT2D eigenvalue weighted by molar-refractivity contribution is 6.05. The molecular weight excluding hydrogens is 387 g/mol. The second-order valence-corrected chi connectivity index (χ2v) is 8.82. The van der Waals surface area contributed by atoms with Gasteiger partial charge in [0.15, 0.2) is 0 Å². The molecule has 0 spiro atoms. The summed E-state index contributed by atoms with van der Waals surface area (Å²) in [5, 5.41) is 5.75. The highest BCUT2D eigenvalue weighted by atomic mass is 19.1. The minimum atomic E-state index is -1.19. The molecule has 4 N–H and O–H groups in total. The van der Waals surface area contributed by atoms with Crippen molar-refractivity contribution in [2.24, 2.45) is 11.7 Å². The Hall–Kier alpha value is -2.32. The van der Waals surface area contributed by atoms with Crippen LogP contribution in [0.4, 0.5) is 4.39 Å². The third-order valence-electron chi connectivity index (χ3n) is 6.72. The maximum absolute atomic E-state index is 14.2. The van der Waals surface area contributed by atoms with Crippen LogP contribution in [0.25, 0.3) is 0 Å². The van der Waals surface area contributed by atoms with Crippen molar-refractivity contribution in [1.82, 2.24) is 15.5 Å². The molecule has 1 unspecified atom stereocenters. The van der Waals surface area contributed by atoms with Gasteiger partial charge in [0.05, 0.1) is 0 Å². The number of piperidine rings is 1. The van der Waals surface area contributed by atoms with E-state index in [0.717, 1.165) is 30.5 Å². The molecule has 30 heavy (non-hydrogen) atoms. The minimum absolute atomic E-state index is 0.103. The van der Waals surface area contributed by atoms with Crippen LogP contribution in [0.15, 0.2) is 18.2 Å². The molecule has 1 aliphatic carbocycles. The first-order valence-corrected chi connectivity index (χ1v) is 10.7. The third-order valence-corrected chi connectivity index (χ3v) is 6.72. The molecule has 3 aliphatic rings. The molecule has 1 aromatic rings. The Morgan fingerprint density at radius 3 is 2.67 bits per heavy atom. The number of nitrogens with zero attached hydrogens (tertiary/aromatic N) is 1. The summed E-state index contributed by atoms with van der Waals surface area (Å²) in [6, 6.07) is 5.23. The van der Waals surface area contributed by atoms with E-state index in [2.05, 4.69) is 10.6 Å². The largest absolute Gasteiger partial charge is 0.328 e. The molecule has 0 bridgehead atoms. The first kappa shape index (κ1) is 20.9. The molecule has 2 heterocycles. The Bertz CT molecular complexity index is 851. The van der Waals surface area contributed by atoms with Crippen molar-refractivity contribution in [2.75, 3.05) is 13.1 Å². The number of hydrogen-bond donors (Lipinski definition) is 3. The fourth-order valence-electron chi connectivity index (χ4n) is 4.74. The number of alkyl halides is 1. The summed E-state index contributed by atoms with van der Waals surface area (Å²) in [6.07, 6.45) is 3.35. The monoisotopic (exact) mass is 416 g/mol. The fourth-order valence-corrected chi connectivity index (χ4v) is 4.74. The van der Waals surface area contributed by atoms with E-state index < -0.39 is 17.6 Å². The zero-order valence-corrected chi connectivity index (χ0v) is 17.1. The van der Waals surface area contributed by atoms with E-state index in [0.29, 0.717) is 43.8 Å². The van der Waals surface area contributed by atoms with Crippen LogP contribution in [-0.4, -0.2) is 47.4 Å². The van der Waals surface area contributed by atoms with Gasteiger partial charge in [0.25, 0.3) is 5.91 Å². The van der Waals surface area contributed by atoms with Crippen molar-refractivity contribution in [3.63, 3.8) is 0 Å². The zero-order valence-electron chi connectivity index (χ0n) is 17.1. The lowest BCUT2D eigenvalue weighted by Gasteiger charge is -2.33. The van der Waals surface area contributed by atoms with Crippen LogP contribution in [-0.2, 0) is 22.7 Å². The number of fused-ring (bicyclic) bond motifs is 1. The summed E-state index contributed by atoms with van der Waals surface area (Å²) < 4.78 is 14.2. The quantitative estimate of drug-likeness (QED) is 0.608. The molecule has 1 saturated heterocycles. The summed E-state index contributed by atoms with van der Waals surface area (Å²) in [7, 11) is 0. The molecule has 0 radical (unpaired) electrons. The maximum Gasteiger partial charge on any atom is 0.255 e. The van der Waals surface area contributed by atoms with Crippen molar-refractivity contribution < 1.29 is 18.8 Å². The number of carbonyl (C=O) groups is 3. The summed E-state index contributed by atoms with van der Waals surface area (Å²) in [5.74, 6) is -0.394. The molecule has 1 aromatic carbocycles. The number of benzene rings is 1. The topological polar surface area (TPSA) is 105 Å². The fraction of sp³-hybridized carbons (Fsp3) is 0.591. The van der Waals surface area contributed by atoms with Crippen molar-refractivity contribution in [3.05, 3.63) is 34.9 Å². The van der Waals surface area contributed by atoms with Gasteiger partial charge in [-0.05, 0) is 61.8 Å².